The monoisotopic (exact) mass is 295 g/mol. The van der Waals surface area contributed by atoms with Gasteiger partial charge in [0.25, 0.3) is 5.56 Å². The highest BCUT2D eigenvalue weighted by Gasteiger charge is 2.14. The van der Waals surface area contributed by atoms with E-state index in [9.17, 15) is 4.79 Å². The van der Waals surface area contributed by atoms with Crippen LogP contribution in [-0.2, 0) is 6.54 Å². The molecule has 0 aliphatic rings. The first-order valence-corrected chi connectivity index (χ1v) is 6.19. The Morgan fingerprint density at radius 1 is 1.41 bits per heavy atom. The third-order valence-corrected chi connectivity index (χ3v) is 3.29. The van der Waals surface area contributed by atoms with Crippen LogP contribution in [0.3, 0.4) is 0 Å². The largest absolute Gasteiger partial charge is 0.393 e. The predicted molar refractivity (Wildman–Crippen MR) is 72.6 cm³/mol. The zero-order chi connectivity index (χ0) is 12.6. The lowest BCUT2D eigenvalue weighted by atomic mass is 10.3. The van der Waals surface area contributed by atoms with Gasteiger partial charge >= 0.3 is 0 Å². The summed E-state index contributed by atoms with van der Waals surface area (Å²) < 4.78 is 4.41. The number of halogens is 1. The molecule has 0 bridgehead atoms. The van der Waals surface area contributed by atoms with Crippen LogP contribution < -0.4 is 11.3 Å². The van der Waals surface area contributed by atoms with Gasteiger partial charge in [-0.3, -0.25) is 9.48 Å². The Bertz CT molecular complexity index is 613. The average Bonchev–Trinajstić information content (AvgIpc) is 2.53. The molecule has 1 heterocycles. The van der Waals surface area contributed by atoms with Gasteiger partial charge in [0.1, 0.15) is 5.69 Å². The van der Waals surface area contributed by atoms with E-state index in [1.54, 1.807) is 4.68 Å². The molecule has 2 rings (SSSR count). The molecule has 0 aliphatic carbocycles. The smallest absolute Gasteiger partial charge is 0.294 e. The second-order valence-electron chi connectivity index (χ2n) is 3.81. The van der Waals surface area contributed by atoms with Gasteiger partial charge in [0, 0.05) is 11.0 Å². The van der Waals surface area contributed by atoms with Crippen LogP contribution in [0.4, 0.5) is 5.69 Å². The zero-order valence-electron chi connectivity index (χ0n) is 9.77. The summed E-state index contributed by atoms with van der Waals surface area (Å²) in [4.78, 5) is 12.1. The number of benzene rings is 1. The Morgan fingerprint density at radius 2 is 2.12 bits per heavy atom. The lowest BCUT2D eigenvalue weighted by Gasteiger charge is -2.11. The molecule has 0 fully saturated rings. The van der Waals surface area contributed by atoms with Crippen LogP contribution >= 0.6 is 15.9 Å². The van der Waals surface area contributed by atoms with Crippen molar-refractivity contribution in [3.8, 4) is 5.69 Å². The first-order valence-electron chi connectivity index (χ1n) is 5.40. The summed E-state index contributed by atoms with van der Waals surface area (Å²) in [6.45, 7) is 4.54. The second-order valence-corrected chi connectivity index (χ2v) is 4.73. The van der Waals surface area contributed by atoms with Gasteiger partial charge in [0.2, 0.25) is 0 Å². The molecule has 0 amide bonds. The summed E-state index contributed by atoms with van der Waals surface area (Å²) in [7, 11) is 0. The van der Waals surface area contributed by atoms with E-state index < -0.39 is 0 Å². The fraction of sp³-hybridized carbons (Fsp3) is 0.250. The molecule has 0 atom stereocenters. The number of nitrogens with two attached hydrogens (primary N) is 1. The number of anilines is 1. The fourth-order valence-corrected chi connectivity index (χ4v) is 2.30. The Kier molecular flexibility index (Phi) is 3.11. The first-order chi connectivity index (χ1) is 8.06. The standard InChI is InChI=1S/C12H14BrN3O/c1-3-15-8(2)11(14)12(17)16(15)10-6-4-5-9(13)7-10/h4-7H,3,14H2,1-2H3. The first kappa shape index (κ1) is 12.0. The third-order valence-electron chi connectivity index (χ3n) is 2.79. The van der Waals surface area contributed by atoms with E-state index in [0.717, 1.165) is 15.9 Å². The van der Waals surface area contributed by atoms with Crippen LogP contribution in [-0.4, -0.2) is 9.36 Å². The Balaban J connectivity index is 2.75. The van der Waals surface area contributed by atoms with Crippen LogP contribution in [0, 0.1) is 6.92 Å². The molecule has 1 aromatic heterocycles. The molecule has 90 valence electrons. The van der Waals surface area contributed by atoms with Gasteiger partial charge < -0.3 is 5.73 Å². The van der Waals surface area contributed by atoms with E-state index in [0.29, 0.717) is 12.2 Å². The van der Waals surface area contributed by atoms with E-state index in [1.165, 1.54) is 0 Å². The summed E-state index contributed by atoms with van der Waals surface area (Å²) in [5.41, 5.74) is 7.55. The van der Waals surface area contributed by atoms with Crippen LogP contribution in [0.2, 0.25) is 0 Å². The quantitative estimate of drug-likeness (QED) is 0.924. The highest BCUT2D eigenvalue weighted by Crippen LogP contribution is 2.17. The summed E-state index contributed by atoms with van der Waals surface area (Å²) in [5.74, 6) is 0. The van der Waals surface area contributed by atoms with Crippen molar-refractivity contribution in [3.05, 3.63) is 44.8 Å². The van der Waals surface area contributed by atoms with Crippen molar-refractivity contribution in [2.75, 3.05) is 5.73 Å². The van der Waals surface area contributed by atoms with Gasteiger partial charge in [-0.1, -0.05) is 22.0 Å². The van der Waals surface area contributed by atoms with Crippen molar-refractivity contribution in [1.29, 1.82) is 0 Å². The molecule has 17 heavy (non-hydrogen) atoms. The summed E-state index contributed by atoms with van der Waals surface area (Å²) in [6.07, 6.45) is 0. The Labute approximate surface area is 108 Å². The molecule has 4 nitrogen and oxygen atoms in total. The predicted octanol–water partition coefficient (Wildman–Crippen LogP) is 2.31. The van der Waals surface area contributed by atoms with Crippen LogP contribution in [0.25, 0.3) is 5.69 Å². The maximum absolute atomic E-state index is 12.1. The van der Waals surface area contributed by atoms with Gasteiger partial charge in [-0.05, 0) is 32.0 Å². The molecule has 1 aromatic carbocycles. The number of nitrogens with zero attached hydrogens (tertiary/aromatic N) is 2. The van der Waals surface area contributed by atoms with Crippen molar-refractivity contribution >= 4 is 21.6 Å². The van der Waals surface area contributed by atoms with Crippen molar-refractivity contribution < 1.29 is 0 Å². The van der Waals surface area contributed by atoms with Crippen LogP contribution in [0.15, 0.2) is 33.5 Å². The zero-order valence-corrected chi connectivity index (χ0v) is 11.4. The van der Waals surface area contributed by atoms with E-state index >= 15 is 0 Å². The van der Waals surface area contributed by atoms with Crippen LogP contribution in [0.1, 0.15) is 12.6 Å². The van der Waals surface area contributed by atoms with Crippen molar-refractivity contribution in [2.45, 2.75) is 20.4 Å². The lowest BCUT2D eigenvalue weighted by Crippen LogP contribution is -2.21. The second kappa shape index (κ2) is 4.41. The maximum Gasteiger partial charge on any atom is 0.294 e. The van der Waals surface area contributed by atoms with E-state index in [4.69, 9.17) is 5.73 Å². The van der Waals surface area contributed by atoms with E-state index in [1.807, 2.05) is 42.8 Å². The average molecular weight is 296 g/mol. The minimum Gasteiger partial charge on any atom is -0.393 e. The molecule has 5 heteroatoms. The number of rotatable bonds is 2. The molecule has 0 saturated heterocycles. The number of hydrogen-bond donors (Lipinski definition) is 1. The third kappa shape index (κ3) is 1.91. The molecule has 0 radical (unpaired) electrons. The highest BCUT2D eigenvalue weighted by atomic mass is 79.9. The molecule has 0 saturated carbocycles. The summed E-state index contributed by atoms with van der Waals surface area (Å²) in [6, 6.07) is 7.60. The van der Waals surface area contributed by atoms with Crippen molar-refractivity contribution in [2.24, 2.45) is 0 Å². The van der Waals surface area contributed by atoms with Crippen molar-refractivity contribution in [3.63, 3.8) is 0 Å². The summed E-state index contributed by atoms with van der Waals surface area (Å²) in [5, 5.41) is 0. The molecule has 2 N–H and O–H groups in total. The fourth-order valence-electron chi connectivity index (χ4n) is 1.91. The number of hydrogen-bond acceptors (Lipinski definition) is 2. The molecular weight excluding hydrogens is 282 g/mol. The minimum absolute atomic E-state index is 0.164. The minimum atomic E-state index is -0.164. The topological polar surface area (TPSA) is 52.9 Å². The molecule has 0 unspecified atom stereocenters. The van der Waals surface area contributed by atoms with Gasteiger partial charge in [0.15, 0.2) is 0 Å². The van der Waals surface area contributed by atoms with Gasteiger partial charge in [-0.2, -0.15) is 0 Å². The van der Waals surface area contributed by atoms with Crippen LogP contribution in [0.5, 0.6) is 0 Å². The number of nitrogen functional groups attached to an aromatic ring is 1. The normalized spacial score (nSPS) is 10.8. The van der Waals surface area contributed by atoms with Gasteiger partial charge in [0.05, 0.1) is 11.4 Å². The summed E-state index contributed by atoms with van der Waals surface area (Å²) >= 11 is 3.40. The lowest BCUT2D eigenvalue weighted by molar-refractivity contribution is 0.559. The molecule has 0 spiro atoms. The maximum atomic E-state index is 12.1. The van der Waals surface area contributed by atoms with Gasteiger partial charge in [-0.25, -0.2) is 4.68 Å². The Hall–Kier alpha value is -1.49. The highest BCUT2D eigenvalue weighted by molar-refractivity contribution is 9.10. The van der Waals surface area contributed by atoms with Gasteiger partial charge in [-0.15, -0.1) is 0 Å². The SMILES string of the molecule is CCn1c(C)c(N)c(=O)n1-c1cccc(Br)c1. The number of aromatic nitrogens is 2. The Morgan fingerprint density at radius 3 is 2.71 bits per heavy atom. The molecule has 0 aliphatic heterocycles. The molecular formula is C12H14BrN3O. The molecule has 2 aromatic rings. The van der Waals surface area contributed by atoms with Crippen molar-refractivity contribution in [1.82, 2.24) is 9.36 Å². The van der Waals surface area contributed by atoms with E-state index in [-0.39, 0.29) is 5.56 Å². The van der Waals surface area contributed by atoms with E-state index in [2.05, 4.69) is 15.9 Å².